The molecule has 1 aromatic carbocycles. The van der Waals surface area contributed by atoms with E-state index in [0.717, 1.165) is 21.7 Å². The average Bonchev–Trinajstić information content (AvgIpc) is 3.19. The standard InChI is InChI=1S/C19H20N2OS2/c1-4-21-16-9-7-14(13(2)3)12-17(16)24-19(21)20-18(22)10-8-15-6-5-11-23-15/h5-13H,4H2,1-3H3. The van der Waals surface area contributed by atoms with Gasteiger partial charge in [-0.25, -0.2) is 0 Å². The maximum Gasteiger partial charge on any atom is 0.272 e. The van der Waals surface area contributed by atoms with Gasteiger partial charge in [0.15, 0.2) is 4.80 Å². The fourth-order valence-electron chi connectivity index (χ4n) is 2.51. The van der Waals surface area contributed by atoms with E-state index in [1.165, 1.54) is 16.3 Å². The van der Waals surface area contributed by atoms with Crippen molar-refractivity contribution in [3.8, 4) is 0 Å². The number of benzene rings is 1. The molecule has 0 aliphatic heterocycles. The van der Waals surface area contributed by atoms with Gasteiger partial charge in [-0.05, 0) is 48.1 Å². The van der Waals surface area contributed by atoms with E-state index in [0.29, 0.717) is 5.92 Å². The van der Waals surface area contributed by atoms with Gasteiger partial charge in [0.05, 0.1) is 10.2 Å². The Morgan fingerprint density at radius 3 is 2.83 bits per heavy atom. The quantitative estimate of drug-likeness (QED) is 0.603. The van der Waals surface area contributed by atoms with Gasteiger partial charge in [0.1, 0.15) is 0 Å². The summed E-state index contributed by atoms with van der Waals surface area (Å²) in [5, 5.41) is 1.99. The van der Waals surface area contributed by atoms with Gasteiger partial charge in [-0.15, -0.1) is 11.3 Å². The van der Waals surface area contributed by atoms with Crippen LogP contribution in [0.25, 0.3) is 16.3 Å². The molecule has 0 atom stereocenters. The molecule has 0 aliphatic rings. The van der Waals surface area contributed by atoms with Crippen LogP contribution in [0.4, 0.5) is 0 Å². The van der Waals surface area contributed by atoms with Crippen LogP contribution in [-0.4, -0.2) is 10.5 Å². The second-order valence-electron chi connectivity index (χ2n) is 5.81. The molecule has 0 saturated carbocycles. The monoisotopic (exact) mass is 356 g/mol. The summed E-state index contributed by atoms with van der Waals surface area (Å²) >= 11 is 3.18. The highest BCUT2D eigenvalue weighted by atomic mass is 32.1. The third kappa shape index (κ3) is 3.57. The van der Waals surface area contributed by atoms with Crippen LogP contribution >= 0.6 is 22.7 Å². The topological polar surface area (TPSA) is 34.4 Å². The molecule has 5 heteroatoms. The molecule has 3 nitrogen and oxygen atoms in total. The Labute approximate surface area is 149 Å². The van der Waals surface area contributed by atoms with E-state index in [-0.39, 0.29) is 5.91 Å². The van der Waals surface area contributed by atoms with Crippen molar-refractivity contribution >= 4 is 44.9 Å². The summed E-state index contributed by atoms with van der Waals surface area (Å²) in [4.78, 5) is 18.3. The molecule has 0 saturated heterocycles. The predicted molar refractivity (Wildman–Crippen MR) is 104 cm³/mol. The first-order valence-electron chi connectivity index (χ1n) is 8.02. The van der Waals surface area contributed by atoms with E-state index in [2.05, 4.69) is 48.5 Å². The maximum atomic E-state index is 12.2. The third-order valence-corrected chi connectivity index (χ3v) is 5.71. The van der Waals surface area contributed by atoms with Crippen molar-refractivity contribution in [2.45, 2.75) is 33.2 Å². The van der Waals surface area contributed by atoms with Crippen LogP contribution in [0.3, 0.4) is 0 Å². The van der Waals surface area contributed by atoms with E-state index >= 15 is 0 Å². The van der Waals surface area contributed by atoms with Crippen molar-refractivity contribution in [1.82, 2.24) is 4.57 Å². The van der Waals surface area contributed by atoms with Crippen LogP contribution in [0.15, 0.2) is 46.8 Å². The largest absolute Gasteiger partial charge is 0.317 e. The Morgan fingerprint density at radius 2 is 2.17 bits per heavy atom. The predicted octanol–water partition coefficient (Wildman–Crippen LogP) is 5.05. The fraction of sp³-hybridized carbons (Fsp3) is 0.263. The Hall–Kier alpha value is -1.98. The normalized spacial score (nSPS) is 12.8. The Bertz CT molecular complexity index is 944. The lowest BCUT2D eigenvalue weighted by molar-refractivity contribution is -0.113. The second kappa shape index (κ2) is 7.28. The molecule has 3 rings (SSSR count). The molecule has 0 fully saturated rings. The molecule has 24 heavy (non-hydrogen) atoms. The molecular weight excluding hydrogens is 336 g/mol. The number of aromatic nitrogens is 1. The molecule has 0 unspecified atom stereocenters. The summed E-state index contributed by atoms with van der Waals surface area (Å²) in [5.41, 5.74) is 2.45. The van der Waals surface area contributed by atoms with Gasteiger partial charge in [-0.1, -0.05) is 37.3 Å². The number of fused-ring (bicyclic) bond motifs is 1. The van der Waals surface area contributed by atoms with Gasteiger partial charge < -0.3 is 4.57 Å². The minimum absolute atomic E-state index is 0.221. The van der Waals surface area contributed by atoms with Gasteiger partial charge in [-0.2, -0.15) is 4.99 Å². The summed E-state index contributed by atoms with van der Waals surface area (Å²) in [6, 6.07) is 10.5. The Kier molecular flexibility index (Phi) is 5.11. The molecule has 2 heterocycles. The first kappa shape index (κ1) is 16.9. The van der Waals surface area contributed by atoms with Crippen molar-refractivity contribution < 1.29 is 4.79 Å². The first-order valence-corrected chi connectivity index (χ1v) is 9.71. The lowest BCUT2D eigenvalue weighted by Gasteiger charge is -2.05. The fourth-order valence-corrected chi connectivity index (χ4v) is 4.28. The molecule has 0 bridgehead atoms. The lowest BCUT2D eigenvalue weighted by Crippen LogP contribution is -2.15. The zero-order valence-corrected chi connectivity index (χ0v) is 15.7. The molecule has 0 aliphatic carbocycles. The highest BCUT2D eigenvalue weighted by Crippen LogP contribution is 2.23. The van der Waals surface area contributed by atoms with Gasteiger partial charge in [-0.3, -0.25) is 4.79 Å². The second-order valence-corrected chi connectivity index (χ2v) is 7.80. The van der Waals surface area contributed by atoms with Crippen molar-refractivity contribution in [2.24, 2.45) is 4.99 Å². The van der Waals surface area contributed by atoms with Crippen LogP contribution in [0, 0.1) is 0 Å². The van der Waals surface area contributed by atoms with E-state index in [1.807, 2.05) is 23.6 Å². The SMILES string of the molecule is CCn1c(=NC(=O)C=Cc2cccs2)sc2cc(C(C)C)ccc21. The van der Waals surface area contributed by atoms with E-state index in [4.69, 9.17) is 0 Å². The van der Waals surface area contributed by atoms with E-state index in [9.17, 15) is 4.79 Å². The van der Waals surface area contributed by atoms with Crippen molar-refractivity contribution in [3.05, 3.63) is 57.0 Å². The van der Waals surface area contributed by atoms with Gasteiger partial charge in [0.2, 0.25) is 0 Å². The molecule has 3 aromatic rings. The smallest absolute Gasteiger partial charge is 0.272 e. The molecular formula is C19H20N2OS2. The number of hydrogen-bond donors (Lipinski definition) is 0. The number of carbonyl (C=O) groups is 1. The molecule has 1 amide bonds. The Morgan fingerprint density at radius 1 is 1.33 bits per heavy atom. The maximum absolute atomic E-state index is 12.2. The van der Waals surface area contributed by atoms with Crippen LogP contribution in [0.1, 0.15) is 37.1 Å². The van der Waals surface area contributed by atoms with Crippen LogP contribution < -0.4 is 4.80 Å². The Balaban J connectivity index is 1.99. The van der Waals surface area contributed by atoms with E-state index < -0.39 is 0 Å². The van der Waals surface area contributed by atoms with Crippen molar-refractivity contribution in [3.63, 3.8) is 0 Å². The molecule has 0 spiro atoms. The number of amides is 1. The number of thiazole rings is 1. The average molecular weight is 357 g/mol. The minimum atomic E-state index is -0.221. The van der Waals surface area contributed by atoms with Gasteiger partial charge in [0, 0.05) is 17.5 Å². The number of hydrogen-bond acceptors (Lipinski definition) is 3. The highest BCUT2D eigenvalue weighted by Gasteiger charge is 2.08. The minimum Gasteiger partial charge on any atom is -0.317 e. The zero-order valence-electron chi connectivity index (χ0n) is 14.0. The van der Waals surface area contributed by atoms with Gasteiger partial charge >= 0.3 is 0 Å². The van der Waals surface area contributed by atoms with Crippen molar-refractivity contribution in [2.75, 3.05) is 0 Å². The summed E-state index contributed by atoms with van der Waals surface area (Å²) in [5.74, 6) is 0.267. The zero-order chi connectivity index (χ0) is 17.1. The van der Waals surface area contributed by atoms with Crippen LogP contribution in [0.5, 0.6) is 0 Å². The number of rotatable bonds is 4. The molecule has 2 aromatic heterocycles. The van der Waals surface area contributed by atoms with Crippen LogP contribution in [0.2, 0.25) is 0 Å². The summed E-state index contributed by atoms with van der Waals surface area (Å²) in [6.07, 6.45) is 3.35. The molecule has 0 radical (unpaired) electrons. The number of aryl methyl sites for hydroxylation is 1. The molecule has 124 valence electrons. The third-order valence-electron chi connectivity index (χ3n) is 3.83. The summed E-state index contributed by atoms with van der Waals surface area (Å²) in [6.45, 7) is 7.24. The van der Waals surface area contributed by atoms with Gasteiger partial charge in [0.25, 0.3) is 5.91 Å². The summed E-state index contributed by atoms with van der Waals surface area (Å²) < 4.78 is 3.28. The summed E-state index contributed by atoms with van der Waals surface area (Å²) in [7, 11) is 0. The van der Waals surface area contributed by atoms with Crippen LogP contribution in [-0.2, 0) is 11.3 Å². The number of nitrogens with zero attached hydrogens (tertiary/aromatic N) is 2. The first-order chi connectivity index (χ1) is 11.6. The number of carbonyl (C=O) groups excluding carboxylic acids is 1. The highest BCUT2D eigenvalue weighted by molar-refractivity contribution is 7.16. The van der Waals surface area contributed by atoms with Crippen molar-refractivity contribution in [1.29, 1.82) is 0 Å². The van der Waals surface area contributed by atoms with E-state index in [1.54, 1.807) is 22.7 Å². The lowest BCUT2D eigenvalue weighted by atomic mass is 10.0. The number of thiophene rings is 1. The molecule has 0 N–H and O–H groups in total.